The first-order chi connectivity index (χ1) is 11.9. The Balaban J connectivity index is 1.64. The van der Waals surface area contributed by atoms with Crippen LogP contribution in [-0.4, -0.2) is 63.1 Å². The molecule has 3 rings (SSSR count). The highest BCUT2D eigenvalue weighted by Crippen LogP contribution is 2.27. The molecule has 1 aromatic rings. The van der Waals surface area contributed by atoms with Crippen LogP contribution in [-0.2, 0) is 11.8 Å². The topological polar surface area (TPSA) is 84.5 Å². The highest BCUT2D eigenvalue weighted by atomic mass is 16.2. The van der Waals surface area contributed by atoms with E-state index in [4.69, 9.17) is 5.73 Å². The standard InChI is InChI=1S/C18H29N5O2/c1-12(2)16-14(11-21(3)20-16)18(25)22-9-6-13(7-10-22)23-8-4-5-15(23)17(19)24/h11-13,15H,4-10H2,1-3H3,(H2,19,24). The third kappa shape index (κ3) is 3.56. The van der Waals surface area contributed by atoms with Crippen molar-refractivity contribution in [3.05, 3.63) is 17.5 Å². The van der Waals surface area contributed by atoms with Gasteiger partial charge in [0.25, 0.3) is 5.91 Å². The van der Waals surface area contributed by atoms with E-state index in [1.165, 1.54) is 0 Å². The Morgan fingerprint density at radius 1 is 1.20 bits per heavy atom. The van der Waals surface area contributed by atoms with Crippen molar-refractivity contribution in [3.8, 4) is 0 Å². The van der Waals surface area contributed by atoms with Crippen molar-refractivity contribution in [1.29, 1.82) is 0 Å². The second-order valence-electron chi connectivity index (χ2n) is 7.58. The zero-order valence-corrected chi connectivity index (χ0v) is 15.4. The summed E-state index contributed by atoms with van der Waals surface area (Å²) in [5.74, 6) is 0.0784. The monoisotopic (exact) mass is 347 g/mol. The normalized spacial score (nSPS) is 22.7. The largest absolute Gasteiger partial charge is 0.368 e. The molecule has 2 amide bonds. The van der Waals surface area contributed by atoms with Crippen LogP contribution in [0.25, 0.3) is 0 Å². The van der Waals surface area contributed by atoms with Gasteiger partial charge in [-0.15, -0.1) is 0 Å². The number of carbonyl (C=O) groups is 2. The maximum atomic E-state index is 12.9. The van der Waals surface area contributed by atoms with Gasteiger partial charge in [0, 0.05) is 32.4 Å². The molecular formula is C18H29N5O2. The van der Waals surface area contributed by atoms with Crippen LogP contribution in [0, 0.1) is 0 Å². The van der Waals surface area contributed by atoms with Gasteiger partial charge in [-0.25, -0.2) is 0 Å². The Hall–Kier alpha value is -1.89. The maximum absolute atomic E-state index is 12.9. The Labute approximate surface area is 149 Å². The average Bonchev–Trinajstić information content (AvgIpc) is 3.21. The molecule has 2 saturated heterocycles. The minimum atomic E-state index is -0.215. The number of piperidine rings is 1. The SMILES string of the molecule is CC(C)c1nn(C)cc1C(=O)N1CCC(N2CCCC2C(N)=O)CC1. The molecule has 0 aromatic carbocycles. The van der Waals surface area contributed by atoms with Crippen LogP contribution < -0.4 is 5.73 Å². The fraction of sp³-hybridized carbons (Fsp3) is 0.722. The van der Waals surface area contributed by atoms with Crippen LogP contribution in [0.2, 0.25) is 0 Å². The molecule has 1 atom stereocenters. The lowest BCUT2D eigenvalue weighted by Crippen LogP contribution is -2.51. The Morgan fingerprint density at radius 3 is 2.48 bits per heavy atom. The summed E-state index contributed by atoms with van der Waals surface area (Å²) < 4.78 is 1.72. The zero-order valence-electron chi connectivity index (χ0n) is 15.4. The summed E-state index contributed by atoms with van der Waals surface area (Å²) in [5.41, 5.74) is 7.12. The number of rotatable bonds is 4. The fourth-order valence-electron chi connectivity index (χ4n) is 4.20. The molecule has 2 aliphatic heterocycles. The van der Waals surface area contributed by atoms with Crippen molar-refractivity contribution in [2.24, 2.45) is 12.8 Å². The molecule has 7 heteroatoms. The molecule has 138 valence electrons. The molecule has 7 nitrogen and oxygen atoms in total. The molecule has 2 N–H and O–H groups in total. The van der Waals surface area contributed by atoms with Gasteiger partial charge in [0.15, 0.2) is 0 Å². The Morgan fingerprint density at radius 2 is 1.88 bits per heavy atom. The fourth-order valence-corrected chi connectivity index (χ4v) is 4.20. The van der Waals surface area contributed by atoms with Gasteiger partial charge in [-0.05, 0) is 38.1 Å². The van der Waals surface area contributed by atoms with Crippen LogP contribution in [0.15, 0.2) is 6.20 Å². The third-order valence-electron chi connectivity index (χ3n) is 5.48. The summed E-state index contributed by atoms with van der Waals surface area (Å²) >= 11 is 0. The van der Waals surface area contributed by atoms with Crippen LogP contribution in [0.1, 0.15) is 61.5 Å². The number of hydrogen-bond acceptors (Lipinski definition) is 4. The van der Waals surface area contributed by atoms with Gasteiger partial charge < -0.3 is 10.6 Å². The highest BCUT2D eigenvalue weighted by molar-refractivity contribution is 5.95. The number of carbonyl (C=O) groups excluding carboxylic acids is 2. The molecule has 2 fully saturated rings. The number of aromatic nitrogens is 2. The first-order valence-corrected chi connectivity index (χ1v) is 9.26. The van der Waals surface area contributed by atoms with E-state index in [1.54, 1.807) is 4.68 Å². The first kappa shape index (κ1) is 17.9. The summed E-state index contributed by atoms with van der Waals surface area (Å²) in [4.78, 5) is 28.7. The number of hydrogen-bond donors (Lipinski definition) is 1. The van der Waals surface area contributed by atoms with E-state index in [1.807, 2.05) is 18.1 Å². The van der Waals surface area contributed by atoms with Crippen molar-refractivity contribution in [1.82, 2.24) is 19.6 Å². The molecule has 0 aliphatic carbocycles. The van der Waals surface area contributed by atoms with Crippen LogP contribution >= 0.6 is 0 Å². The summed E-state index contributed by atoms with van der Waals surface area (Å²) in [6.45, 7) is 6.49. The summed E-state index contributed by atoms with van der Waals surface area (Å²) in [6, 6.07) is 0.223. The van der Waals surface area contributed by atoms with Gasteiger partial charge in [-0.3, -0.25) is 19.2 Å². The Bertz CT molecular complexity index is 646. The molecule has 0 radical (unpaired) electrons. The summed E-state index contributed by atoms with van der Waals surface area (Å²) in [6.07, 6.45) is 5.51. The number of likely N-dealkylation sites (tertiary alicyclic amines) is 2. The van der Waals surface area contributed by atoms with Crippen LogP contribution in [0.4, 0.5) is 0 Å². The van der Waals surface area contributed by atoms with Crippen molar-refractivity contribution in [2.75, 3.05) is 19.6 Å². The van der Waals surface area contributed by atoms with Gasteiger partial charge in [-0.1, -0.05) is 13.8 Å². The van der Waals surface area contributed by atoms with Gasteiger partial charge in [-0.2, -0.15) is 5.10 Å². The molecule has 1 aromatic heterocycles. The van der Waals surface area contributed by atoms with E-state index >= 15 is 0 Å². The third-order valence-corrected chi connectivity index (χ3v) is 5.48. The number of primary amides is 1. The van der Waals surface area contributed by atoms with E-state index in [0.717, 1.165) is 51.0 Å². The summed E-state index contributed by atoms with van der Waals surface area (Å²) in [5, 5.41) is 4.44. The van der Waals surface area contributed by atoms with E-state index in [2.05, 4.69) is 23.8 Å². The van der Waals surface area contributed by atoms with Crippen molar-refractivity contribution in [2.45, 2.75) is 57.5 Å². The molecule has 3 heterocycles. The lowest BCUT2D eigenvalue weighted by molar-refractivity contribution is -0.123. The van der Waals surface area contributed by atoms with Gasteiger partial charge in [0.2, 0.25) is 5.91 Å². The lowest BCUT2D eigenvalue weighted by Gasteiger charge is -2.38. The number of amides is 2. The summed E-state index contributed by atoms with van der Waals surface area (Å²) in [7, 11) is 1.85. The Kier molecular flexibility index (Phi) is 5.13. The molecule has 0 saturated carbocycles. The minimum Gasteiger partial charge on any atom is -0.368 e. The predicted molar refractivity (Wildman–Crippen MR) is 95.1 cm³/mol. The molecular weight excluding hydrogens is 318 g/mol. The van der Waals surface area contributed by atoms with Crippen molar-refractivity contribution in [3.63, 3.8) is 0 Å². The molecule has 0 spiro atoms. The zero-order chi connectivity index (χ0) is 18.1. The number of nitrogens with two attached hydrogens (primary N) is 1. The lowest BCUT2D eigenvalue weighted by atomic mass is 10.00. The van der Waals surface area contributed by atoms with Gasteiger partial charge in [0.1, 0.15) is 0 Å². The number of aryl methyl sites for hydroxylation is 1. The molecule has 25 heavy (non-hydrogen) atoms. The number of nitrogens with zero attached hydrogens (tertiary/aromatic N) is 4. The quantitative estimate of drug-likeness (QED) is 0.884. The van der Waals surface area contributed by atoms with Gasteiger partial charge in [0.05, 0.1) is 17.3 Å². The van der Waals surface area contributed by atoms with Crippen molar-refractivity contribution < 1.29 is 9.59 Å². The van der Waals surface area contributed by atoms with E-state index in [-0.39, 0.29) is 23.8 Å². The van der Waals surface area contributed by atoms with E-state index < -0.39 is 0 Å². The molecule has 1 unspecified atom stereocenters. The van der Waals surface area contributed by atoms with Crippen LogP contribution in [0.5, 0.6) is 0 Å². The van der Waals surface area contributed by atoms with Crippen LogP contribution in [0.3, 0.4) is 0 Å². The first-order valence-electron chi connectivity index (χ1n) is 9.26. The van der Waals surface area contributed by atoms with Gasteiger partial charge >= 0.3 is 0 Å². The smallest absolute Gasteiger partial charge is 0.257 e. The molecule has 2 aliphatic rings. The van der Waals surface area contributed by atoms with E-state index in [0.29, 0.717) is 11.6 Å². The maximum Gasteiger partial charge on any atom is 0.257 e. The predicted octanol–water partition coefficient (Wildman–Crippen LogP) is 1.10. The minimum absolute atomic E-state index is 0.0723. The second-order valence-corrected chi connectivity index (χ2v) is 7.58. The average molecular weight is 347 g/mol. The molecule has 0 bridgehead atoms. The van der Waals surface area contributed by atoms with E-state index in [9.17, 15) is 9.59 Å². The van der Waals surface area contributed by atoms with Crippen molar-refractivity contribution >= 4 is 11.8 Å². The highest BCUT2D eigenvalue weighted by Gasteiger charge is 2.36. The second kappa shape index (κ2) is 7.15.